The van der Waals surface area contributed by atoms with E-state index in [-0.39, 0.29) is 27.6 Å². The summed E-state index contributed by atoms with van der Waals surface area (Å²) < 4.78 is 56.4. The number of sulfonamides is 1. The third-order valence-electron chi connectivity index (χ3n) is 4.72. The first-order valence-corrected chi connectivity index (χ1v) is 10.4. The number of rotatable bonds is 6. The second-order valence-corrected chi connectivity index (χ2v) is 8.49. The molecule has 0 bridgehead atoms. The van der Waals surface area contributed by atoms with Crippen molar-refractivity contribution in [2.45, 2.75) is 37.3 Å². The van der Waals surface area contributed by atoms with Gasteiger partial charge in [0.05, 0.1) is 16.1 Å². The molecule has 1 aliphatic heterocycles. The van der Waals surface area contributed by atoms with Gasteiger partial charge in [0.25, 0.3) is 15.9 Å². The first-order valence-electron chi connectivity index (χ1n) is 8.90. The Morgan fingerprint density at radius 2 is 1.80 bits per heavy atom. The summed E-state index contributed by atoms with van der Waals surface area (Å²) in [6.07, 6.45) is 0.344. The largest absolute Gasteiger partial charge is 0.435 e. The molecule has 0 radical (unpaired) electrons. The van der Waals surface area contributed by atoms with Gasteiger partial charge in [-0.25, -0.2) is 8.42 Å². The maximum absolute atomic E-state index is 12.7. The van der Waals surface area contributed by atoms with Crippen LogP contribution >= 0.6 is 0 Å². The smallest absolute Gasteiger partial charge is 0.387 e. The number of benzene rings is 2. The highest BCUT2D eigenvalue weighted by Gasteiger charge is 2.37. The van der Waals surface area contributed by atoms with Crippen molar-refractivity contribution in [3.63, 3.8) is 0 Å². The minimum absolute atomic E-state index is 0.00378. The zero-order chi connectivity index (χ0) is 22.1. The summed E-state index contributed by atoms with van der Waals surface area (Å²) in [4.78, 5) is 24.8. The lowest BCUT2D eigenvalue weighted by molar-refractivity contribution is -0.121. The molecule has 1 aliphatic rings. The van der Waals surface area contributed by atoms with Gasteiger partial charge in [-0.2, -0.15) is 8.78 Å². The molecule has 11 heteroatoms. The normalized spacial score (nSPS) is 18.8. The van der Waals surface area contributed by atoms with Crippen LogP contribution in [0, 0.1) is 0 Å². The predicted octanol–water partition coefficient (Wildman–Crippen LogP) is 2.94. The molecule has 30 heavy (non-hydrogen) atoms. The second-order valence-electron chi connectivity index (χ2n) is 6.81. The van der Waals surface area contributed by atoms with Crippen LogP contribution in [-0.2, 0) is 14.8 Å². The SMILES string of the molecule is CCC1(C)NC(=O)c2cc(S(=O)(=O)Nc3ccc(OC(F)F)cc3)ccc2NC1=O. The van der Waals surface area contributed by atoms with E-state index in [1.165, 1.54) is 36.4 Å². The lowest BCUT2D eigenvalue weighted by Gasteiger charge is -2.25. The molecule has 1 unspecified atom stereocenters. The zero-order valence-corrected chi connectivity index (χ0v) is 16.8. The van der Waals surface area contributed by atoms with Gasteiger partial charge < -0.3 is 15.4 Å². The van der Waals surface area contributed by atoms with Crippen molar-refractivity contribution >= 4 is 33.2 Å². The molecule has 2 aromatic carbocycles. The van der Waals surface area contributed by atoms with Crippen LogP contribution in [0.1, 0.15) is 30.6 Å². The molecule has 2 amide bonds. The van der Waals surface area contributed by atoms with Gasteiger partial charge in [0, 0.05) is 5.69 Å². The number of ether oxygens (including phenoxy) is 1. The number of halogens is 2. The van der Waals surface area contributed by atoms with Gasteiger partial charge in [-0.3, -0.25) is 14.3 Å². The summed E-state index contributed by atoms with van der Waals surface area (Å²) in [5.74, 6) is -1.11. The number of hydrogen-bond acceptors (Lipinski definition) is 5. The minimum atomic E-state index is -4.10. The van der Waals surface area contributed by atoms with Gasteiger partial charge in [-0.1, -0.05) is 6.92 Å². The van der Waals surface area contributed by atoms with Crippen LogP contribution in [0.2, 0.25) is 0 Å². The Bertz CT molecular complexity index is 1090. The fraction of sp³-hybridized carbons (Fsp3) is 0.263. The van der Waals surface area contributed by atoms with Crippen LogP contribution in [0.4, 0.5) is 20.2 Å². The molecule has 160 valence electrons. The van der Waals surface area contributed by atoms with E-state index in [1.807, 2.05) is 0 Å². The van der Waals surface area contributed by atoms with Gasteiger partial charge in [0.2, 0.25) is 5.91 Å². The zero-order valence-electron chi connectivity index (χ0n) is 16.0. The van der Waals surface area contributed by atoms with Gasteiger partial charge >= 0.3 is 6.61 Å². The standard InChI is InChI=1S/C19H19F2N3O5S/c1-3-19(2)17(26)22-15-9-8-13(10-14(15)16(25)23-19)30(27,28)24-11-4-6-12(7-5-11)29-18(20)21/h4-10,18,24H,3H2,1-2H3,(H,22,26)(H,23,25). The first-order chi connectivity index (χ1) is 14.0. The Kier molecular flexibility index (Phi) is 5.66. The topological polar surface area (TPSA) is 114 Å². The first kappa shape index (κ1) is 21.5. The Morgan fingerprint density at radius 3 is 2.40 bits per heavy atom. The van der Waals surface area contributed by atoms with Crippen molar-refractivity contribution in [3.05, 3.63) is 48.0 Å². The van der Waals surface area contributed by atoms with Crippen molar-refractivity contribution in [3.8, 4) is 5.75 Å². The summed E-state index contributed by atoms with van der Waals surface area (Å²) in [6, 6.07) is 8.64. The fourth-order valence-electron chi connectivity index (χ4n) is 2.79. The average Bonchev–Trinajstić information content (AvgIpc) is 2.77. The van der Waals surface area contributed by atoms with Crippen LogP contribution < -0.4 is 20.1 Å². The van der Waals surface area contributed by atoms with Crippen LogP contribution in [0.15, 0.2) is 47.4 Å². The molecule has 3 rings (SSSR count). The van der Waals surface area contributed by atoms with Crippen LogP contribution in [0.5, 0.6) is 5.75 Å². The predicted molar refractivity (Wildman–Crippen MR) is 105 cm³/mol. The molecule has 1 atom stereocenters. The van der Waals surface area contributed by atoms with E-state index in [2.05, 4.69) is 20.1 Å². The summed E-state index contributed by atoms with van der Waals surface area (Å²) in [5, 5.41) is 5.25. The number of amides is 2. The molecule has 0 saturated heterocycles. The van der Waals surface area contributed by atoms with Crippen molar-refractivity contribution < 1.29 is 31.5 Å². The van der Waals surface area contributed by atoms with Crippen molar-refractivity contribution in [2.75, 3.05) is 10.0 Å². The molecule has 2 aromatic rings. The lowest BCUT2D eigenvalue weighted by atomic mass is 9.98. The van der Waals surface area contributed by atoms with Gasteiger partial charge in [-0.15, -0.1) is 0 Å². The lowest BCUT2D eigenvalue weighted by Crippen LogP contribution is -2.52. The monoisotopic (exact) mass is 439 g/mol. The number of nitrogens with one attached hydrogen (secondary N) is 3. The molecule has 0 fully saturated rings. The van der Waals surface area contributed by atoms with Gasteiger partial charge in [0.15, 0.2) is 0 Å². The maximum Gasteiger partial charge on any atom is 0.387 e. The summed E-state index contributed by atoms with van der Waals surface area (Å²) in [7, 11) is -4.10. The third kappa shape index (κ3) is 4.35. The molecule has 0 aliphatic carbocycles. The molecule has 1 heterocycles. The summed E-state index contributed by atoms with van der Waals surface area (Å²) >= 11 is 0. The second kappa shape index (κ2) is 7.90. The summed E-state index contributed by atoms with van der Waals surface area (Å²) in [6.45, 7) is 0.327. The van der Waals surface area contributed by atoms with E-state index < -0.39 is 34.0 Å². The van der Waals surface area contributed by atoms with Crippen LogP contribution in [-0.4, -0.2) is 32.4 Å². The molecule has 3 N–H and O–H groups in total. The number of anilines is 2. The van der Waals surface area contributed by atoms with E-state index in [1.54, 1.807) is 13.8 Å². The number of carbonyl (C=O) groups is 2. The van der Waals surface area contributed by atoms with Crippen molar-refractivity contribution in [1.29, 1.82) is 0 Å². The highest BCUT2D eigenvalue weighted by molar-refractivity contribution is 7.92. The van der Waals surface area contributed by atoms with E-state index >= 15 is 0 Å². The number of alkyl halides is 2. The average molecular weight is 439 g/mol. The molecular formula is C19H19F2N3O5S. The highest BCUT2D eigenvalue weighted by atomic mass is 32.2. The number of carbonyl (C=O) groups excluding carboxylic acids is 2. The maximum atomic E-state index is 12.7. The summed E-state index contributed by atoms with van der Waals surface area (Å²) in [5.41, 5.74) is -0.816. The van der Waals surface area contributed by atoms with Gasteiger partial charge in [-0.05, 0) is 55.8 Å². The molecular weight excluding hydrogens is 420 g/mol. The minimum Gasteiger partial charge on any atom is -0.435 e. The van der Waals surface area contributed by atoms with Gasteiger partial charge in [0.1, 0.15) is 11.3 Å². The Labute approximate surface area is 171 Å². The van der Waals surface area contributed by atoms with E-state index in [0.717, 1.165) is 6.07 Å². The van der Waals surface area contributed by atoms with Crippen LogP contribution in [0.3, 0.4) is 0 Å². The molecule has 0 saturated carbocycles. The van der Waals surface area contributed by atoms with Crippen molar-refractivity contribution in [1.82, 2.24) is 5.32 Å². The van der Waals surface area contributed by atoms with E-state index in [9.17, 15) is 26.8 Å². The number of fused-ring (bicyclic) bond motifs is 1. The Morgan fingerprint density at radius 1 is 1.13 bits per heavy atom. The number of hydrogen-bond donors (Lipinski definition) is 3. The van der Waals surface area contributed by atoms with E-state index in [0.29, 0.717) is 6.42 Å². The third-order valence-corrected chi connectivity index (χ3v) is 6.10. The van der Waals surface area contributed by atoms with Crippen molar-refractivity contribution in [2.24, 2.45) is 0 Å². The van der Waals surface area contributed by atoms with E-state index in [4.69, 9.17) is 0 Å². The quantitative estimate of drug-likeness (QED) is 0.641. The van der Waals surface area contributed by atoms with Crippen LogP contribution in [0.25, 0.3) is 0 Å². The Hall–Kier alpha value is -3.21. The highest BCUT2D eigenvalue weighted by Crippen LogP contribution is 2.27. The molecule has 0 aromatic heterocycles. The fourth-order valence-corrected chi connectivity index (χ4v) is 3.87. The molecule has 0 spiro atoms. The molecule has 8 nitrogen and oxygen atoms in total. The Balaban J connectivity index is 1.87.